The molecule has 2 aromatic rings. The van der Waals surface area contributed by atoms with Crippen LogP contribution >= 0.6 is 11.6 Å². The Hall–Kier alpha value is -1.27. The second-order valence-corrected chi connectivity index (χ2v) is 5.47. The number of halogens is 1. The molecule has 1 aliphatic rings. The summed E-state index contributed by atoms with van der Waals surface area (Å²) in [5.41, 5.74) is 5.18. The molecule has 0 amide bonds. The molecule has 3 rings (SSSR count). The van der Waals surface area contributed by atoms with Gasteiger partial charge in [-0.15, -0.1) is 0 Å². The van der Waals surface area contributed by atoms with Gasteiger partial charge >= 0.3 is 0 Å². The van der Waals surface area contributed by atoms with Crippen LogP contribution in [0, 0.1) is 0 Å². The van der Waals surface area contributed by atoms with Gasteiger partial charge < -0.3 is 0 Å². The Morgan fingerprint density at radius 3 is 2.39 bits per heavy atom. The lowest BCUT2D eigenvalue weighted by molar-refractivity contribution is 1.13. The van der Waals surface area contributed by atoms with Crippen LogP contribution in [0.5, 0.6) is 0 Å². The maximum Gasteiger partial charge on any atom is 0.0484 e. The fourth-order valence-electron chi connectivity index (χ4n) is 2.37. The molecule has 0 aromatic heterocycles. The summed E-state index contributed by atoms with van der Waals surface area (Å²) < 4.78 is 0. The van der Waals surface area contributed by atoms with Crippen molar-refractivity contribution in [1.29, 1.82) is 0 Å². The van der Waals surface area contributed by atoms with E-state index in [1.165, 1.54) is 29.5 Å². The highest BCUT2D eigenvalue weighted by atomic mass is 35.5. The molecule has 0 radical (unpaired) electrons. The van der Waals surface area contributed by atoms with Crippen molar-refractivity contribution in [3.05, 3.63) is 58.6 Å². The SMILES string of the molecule is CCc1ccc(Cl)c(-c2ccc(C3CC3)cc2)c1. The van der Waals surface area contributed by atoms with E-state index in [9.17, 15) is 0 Å². The summed E-state index contributed by atoms with van der Waals surface area (Å²) >= 11 is 6.30. The lowest BCUT2D eigenvalue weighted by Gasteiger charge is -2.08. The standard InChI is InChI=1S/C17H17Cl/c1-2-12-3-10-17(18)16(11-12)15-8-6-14(7-9-15)13-4-5-13/h3,6-11,13H,2,4-5H2,1H3. The van der Waals surface area contributed by atoms with Gasteiger partial charge in [-0.1, -0.05) is 48.9 Å². The van der Waals surface area contributed by atoms with Gasteiger partial charge in [0.25, 0.3) is 0 Å². The predicted molar refractivity (Wildman–Crippen MR) is 78.2 cm³/mol. The van der Waals surface area contributed by atoms with Crippen molar-refractivity contribution in [2.24, 2.45) is 0 Å². The van der Waals surface area contributed by atoms with Gasteiger partial charge in [0.2, 0.25) is 0 Å². The molecule has 0 spiro atoms. The highest BCUT2D eigenvalue weighted by Gasteiger charge is 2.23. The van der Waals surface area contributed by atoms with Gasteiger partial charge in [-0.2, -0.15) is 0 Å². The number of benzene rings is 2. The Labute approximate surface area is 114 Å². The number of hydrogen-bond donors (Lipinski definition) is 0. The molecule has 1 heteroatoms. The van der Waals surface area contributed by atoms with Crippen molar-refractivity contribution in [2.45, 2.75) is 32.1 Å². The van der Waals surface area contributed by atoms with Crippen molar-refractivity contribution in [3.8, 4) is 11.1 Å². The maximum absolute atomic E-state index is 6.30. The van der Waals surface area contributed by atoms with E-state index >= 15 is 0 Å². The first-order valence-electron chi connectivity index (χ1n) is 6.66. The first-order chi connectivity index (χ1) is 8.78. The third-order valence-corrected chi connectivity index (χ3v) is 4.04. The molecule has 92 valence electrons. The maximum atomic E-state index is 6.30. The van der Waals surface area contributed by atoms with Crippen LogP contribution < -0.4 is 0 Å². The second kappa shape index (κ2) is 4.78. The molecule has 1 fully saturated rings. The molecule has 0 heterocycles. The summed E-state index contributed by atoms with van der Waals surface area (Å²) in [4.78, 5) is 0. The van der Waals surface area contributed by atoms with E-state index in [0.717, 1.165) is 22.9 Å². The summed E-state index contributed by atoms with van der Waals surface area (Å²) in [7, 11) is 0. The minimum atomic E-state index is 0.816. The lowest BCUT2D eigenvalue weighted by atomic mass is 10.00. The molecular weight excluding hydrogens is 240 g/mol. The van der Waals surface area contributed by atoms with E-state index in [1.54, 1.807) is 0 Å². The summed E-state index contributed by atoms with van der Waals surface area (Å²) in [5, 5.41) is 0.839. The van der Waals surface area contributed by atoms with Gasteiger partial charge in [0.15, 0.2) is 0 Å². The molecule has 0 nitrogen and oxygen atoms in total. The Balaban J connectivity index is 1.97. The zero-order chi connectivity index (χ0) is 12.5. The molecule has 1 aliphatic carbocycles. The first kappa shape index (κ1) is 11.8. The van der Waals surface area contributed by atoms with Crippen molar-refractivity contribution >= 4 is 11.6 Å². The molecule has 0 atom stereocenters. The number of hydrogen-bond acceptors (Lipinski definition) is 0. The average Bonchev–Trinajstić information content (AvgIpc) is 3.24. The topological polar surface area (TPSA) is 0 Å². The average molecular weight is 257 g/mol. The van der Waals surface area contributed by atoms with Crippen LogP contribution in [0.1, 0.15) is 36.8 Å². The van der Waals surface area contributed by atoms with Crippen LogP contribution in [-0.2, 0) is 6.42 Å². The van der Waals surface area contributed by atoms with Crippen LogP contribution in [0.4, 0.5) is 0 Å². The van der Waals surface area contributed by atoms with Crippen LogP contribution in [-0.4, -0.2) is 0 Å². The molecular formula is C17H17Cl. The molecule has 2 aromatic carbocycles. The van der Waals surface area contributed by atoms with E-state index in [-0.39, 0.29) is 0 Å². The molecule has 0 aliphatic heterocycles. The minimum Gasteiger partial charge on any atom is -0.0837 e. The molecule has 0 bridgehead atoms. The molecule has 0 unspecified atom stereocenters. The summed E-state index contributed by atoms with van der Waals surface area (Å²) in [5.74, 6) is 0.816. The Morgan fingerprint density at radius 1 is 1.06 bits per heavy atom. The normalized spacial score (nSPS) is 14.8. The Kier molecular flexibility index (Phi) is 3.13. The van der Waals surface area contributed by atoms with Crippen molar-refractivity contribution in [3.63, 3.8) is 0 Å². The summed E-state index contributed by atoms with van der Waals surface area (Å²) in [6, 6.07) is 15.2. The molecule has 0 N–H and O–H groups in total. The van der Waals surface area contributed by atoms with Gasteiger partial charge in [-0.3, -0.25) is 0 Å². The van der Waals surface area contributed by atoms with E-state index in [0.29, 0.717) is 0 Å². The van der Waals surface area contributed by atoms with Gasteiger partial charge in [-0.25, -0.2) is 0 Å². The van der Waals surface area contributed by atoms with Crippen LogP contribution in [0.2, 0.25) is 5.02 Å². The minimum absolute atomic E-state index is 0.816. The quantitative estimate of drug-likeness (QED) is 0.685. The van der Waals surface area contributed by atoms with Crippen molar-refractivity contribution < 1.29 is 0 Å². The summed E-state index contributed by atoms with van der Waals surface area (Å²) in [6.07, 6.45) is 3.75. The third-order valence-electron chi connectivity index (χ3n) is 3.71. The Bertz CT molecular complexity index is 550. The van der Waals surface area contributed by atoms with Crippen molar-refractivity contribution in [2.75, 3.05) is 0 Å². The highest BCUT2D eigenvalue weighted by molar-refractivity contribution is 6.33. The van der Waals surface area contributed by atoms with Gasteiger partial charge in [0.05, 0.1) is 0 Å². The van der Waals surface area contributed by atoms with Crippen LogP contribution in [0.3, 0.4) is 0 Å². The van der Waals surface area contributed by atoms with Gasteiger partial charge in [-0.05, 0) is 54.0 Å². The number of rotatable bonds is 3. The van der Waals surface area contributed by atoms with E-state index < -0.39 is 0 Å². The van der Waals surface area contributed by atoms with Gasteiger partial charge in [0.1, 0.15) is 0 Å². The van der Waals surface area contributed by atoms with E-state index in [1.807, 2.05) is 6.07 Å². The smallest absolute Gasteiger partial charge is 0.0484 e. The molecule has 18 heavy (non-hydrogen) atoms. The predicted octanol–water partition coefficient (Wildman–Crippen LogP) is 5.45. The van der Waals surface area contributed by atoms with Crippen molar-refractivity contribution in [1.82, 2.24) is 0 Å². The lowest BCUT2D eigenvalue weighted by Crippen LogP contribution is -1.86. The monoisotopic (exact) mass is 256 g/mol. The Morgan fingerprint density at radius 2 is 1.78 bits per heavy atom. The second-order valence-electron chi connectivity index (χ2n) is 5.06. The third kappa shape index (κ3) is 2.30. The van der Waals surface area contributed by atoms with Gasteiger partial charge in [0, 0.05) is 10.6 Å². The number of aryl methyl sites for hydroxylation is 1. The van der Waals surface area contributed by atoms with Crippen LogP contribution in [0.15, 0.2) is 42.5 Å². The molecule has 1 saturated carbocycles. The van der Waals surface area contributed by atoms with Crippen LogP contribution in [0.25, 0.3) is 11.1 Å². The fraction of sp³-hybridized carbons (Fsp3) is 0.294. The summed E-state index contributed by atoms with van der Waals surface area (Å²) in [6.45, 7) is 2.17. The van der Waals surface area contributed by atoms with E-state index in [2.05, 4.69) is 43.3 Å². The molecule has 0 saturated heterocycles. The zero-order valence-electron chi connectivity index (χ0n) is 10.6. The fourth-order valence-corrected chi connectivity index (χ4v) is 2.59. The largest absolute Gasteiger partial charge is 0.0837 e. The zero-order valence-corrected chi connectivity index (χ0v) is 11.4. The highest BCUT2D eigenvalue weighted by Crippen LogP contribution is 2.40. The van der Waals surface area contributed by atoms with E-state index in [4.69, 9.17) is 11.6 Å². The first-order valence-corrected chi connectivity index (χ1v) is 7.04.